The molecule has 2 aromatic rings. The SMILES string of the molecule is CCCCCC1CCC2CC(c3cc(F)c(-c4ccc(C)cc4)c(F)c3)CCC2C1. The van der Waals surface area contributed by atoms with Crippen LogP contribution >= 0.6 is 0 Å². The summed E-state index contributed by atoms with van der Waals surface area (Å²) in [4.78, 5) is 0. The molecule has 0 nitrogen and oxygen atoms in total. The standard InChI is InChI=1S/C28H36F2/c1-3-4-5-6-20-9-12-23-16-24(14-13-22(23)15-20)25-17-26(29)28(27(30)18-25)21-10-7-19(2)8-11-21/h7-8,10-11,17-18,20,22-24H,3-6,9,12-16H2,1-2H3. The van der Waals surface area contributed by atoms with Crippen LogP contribution in [0.2, 0.25) is 0 Å². The number of hydrogen-bond acceptors (Lipinski definition) is 0. The molecule has 0 saturated heterocycles. The van der Waals surface area contributed by atoms with Crippen molar-refractivity contribution in [3.63, 3.8) is 0 Å². The third-order valence-corrected chi connectivity index (χ3v) is 7.81. The minimum absolute atomic E-state index is 0.111. The van der Waals surface area contributed by atoms with Crippen LogP contribution in [0.1, 0.15) is 88.2 Å². The summed E-state index contributed by atoms with van der Waals surface area (Å²) in [6.07, 6.45) is 12.9. The van der Waals surface area contributed by atoms with Crippen LogP contribution in [0.4, 0.5) is 8.78 Å². The molecular weight excluding hydrogens is 374 g/mol. The van der Waals surface area contributed by atoms with Crippen molar-refractivity contribution in [2.24, 2.45) is 17.8 Å². The molecule has 0 heterocycles. The van der Waals surface area contributed by atoms with E-state index >= 15 is 0 Å². The summed E-state index contributed by atoms with van der Waals surface area (Å²) in [5.41, 5.74) is 2.68. The zero-order chi connectivity index (χ0) is 21.1. The fourth-order valence-corrected chi connectivity index (χ4v) is 6.06. The van der Waals surface area contributed by atoms with Gasteiger partial charge in [-0.25, -0.2) is 8.78 Å². The Morgan fingerprint density at radius 3 is 2.20 bits per heavy atom. The van der Waals surface area contributed by atoms with Crippen LogP contribution in [-0.2, 0) is 0 Å². The first-order chi connectivity index (χ1) is 14.5. The lowest BCUT2D eigenvalue weighted by Gasteiger charge is -2.42. The Bertz CT molecular complexity index is 815. The van der Waals surface area contributed by atoms with E-state index in [9.17, 15) is 8.78 Å². The van der Waals surface area contributed by atoms with Gasteiger partial charge in [-0.05, 0) is 86.0 Å². The molecule has 4 atom stereocenters. The topological polar surface area (TPSA) is 0 Å². The molecule has 4 rings (SSSR count). The molecule has 0 radical (unpaired) electrons. The van der Waals surface area contributed by atoms with E-state index in [-0.39, 0.29) is 5.56 Å². The molecular formula is C28H36F2. The van der Waals surface area contributed by atoms with E-state index in [1.54, 1.807) is 24.3 Å². The van der Waals surface area contributed by atoms with Gasteiger partial charge < -0.3 is 0 Å². The molecule has 0 amide bonds. The lowest BCUT2D eigenvalue weighted by molar-refractivity contribution is 0.113. The van der Waals surface area contributed by atoms with E-state index in [1.165, 1.54) is 51.4 Å². The molecule has 162 valence electrons. The van der Waals surface area contributed by atoms with Crippen LogP contribution < -0.4 is 0 Å². The van der Waals surface area contributed by atoms with Crippen LogP contribution in [0.3, 0.4) is 0 Å². The van der Waals surface area contributed by atoms with E-state index in [4.69, 9.17) is 0 Å². The van der Waals surface area contributed by atoms with E-state index in [2.05, 4.69) is 6.92 Å². The summed E-state index contributed by atoms with van der Waals surface area (Å²) in [5.74, 6) is 1.96. The van der Waals surface area contributed by atoms with Gasteiger partial charge in [0.05, 0.1) is 5.56 Å². The average Bonchev–Trinajstić information content (AvgIpc) is 2.74. The summed E-state index contributed by atoms with van der Waals surface area (Å²) in [6, 6.07) is 10.6. The highest BCUT2D eigenvalue weighted by atomic mass is 19.1. The summed E-state index contributed by atoms with van der Waals surface area (Å²) < 4.78 is 29.9. The second-order valence-corrected chi connectivity index (χ2v) is 9.93. The van der Waals surface area contributed by atoms with Gasteiger partial charge in [0.15, 0.2) is 0 Å². The number of halogens is 2. The summed E-state index contributed by atoms with van der Waals surface area (Å²) in [5, 5.41) is 0. The first kappa shape index (κ1) is 21.5. The molecule has 2 aromatic carbocycles. The second-order valence-electron chi connectivity index (χ2n) is 9.93. The highest BCUT2D eigenvalue weighted by Gasteiger charge is 2.36. The quantitative estimate of drug-likeness (QED) is 0.417. The van der Waals surface area contributed by atoms with Crippen LogP contribution in [0.15, 0.2) is 36.4 Å². The molecule has 30 heavy (non-hydrogen) atoms. The Morgan fingerprint density at radius 2 is 1.50 bits per heavy atom. The maximum absolute atomic E-state index is 14.9. The van der Waals surface area contributed by atoms with Crippen molar-refractivity contribution in [3.8, 4) is 11.1 Å². The Balaban J connectivity index is 1.43. The molecule has 0 spiro atoms. The number of hydrogen-bond donors (Lipinski definition) is 0. The molecule has 2 fully saturated rings. The smallest absolute Gasteiger partial charge is 0.134 e. The van der Waals surface area contributed by atoms with Gasteiger partial charge in [-0.1, -0.05) is 68.9 Å². The van der Waals surface area contributed by atoms with Gasteiger partial charge in [-0.15, -0.1) is 0 Å². The predicted octanol–water partition coefficient (Wildman–Crippen LogP) is 8.82. The van der Waals surface area contributed by atoms with E-state index in [0.717, 1.165) is 41.7 Å². The number of aryl methyl sites for hydroxylation is 1. The van der Waals surface area contributed by atoms with Gasteiger partial charge in [0.2, 0.25) is 0 Å². The fourth-order valence-electron chi connectivity index (χ4n) is 6.06. The van der Waals surface area contributed by atoms with E-state index in [1.807, 2.05) is 19.1 Å². The lowest BCUT2D eigenvalue weighted by Crippen LogP contribution is -2.30. The predicted molar refractivity (Wildman–Crippen MR) is 122 cm³/mol. The third kappa shape index (κ3) is 4.79. The maximum Gasteiger partial charge on any atom is 0.134 e. The van der Waals surface area contributed by atoms with Gasteiger partial charge in [-0.2, -0.15) is 0 Å². The largest absolute Gasteiger partial charge is 0.206 e. The fraction of sp³-hybridized carbons (Fsp3) is 0.571. The second kappa shape index (κ2) is 9.62. The lowest BCUT2D eigenvalue weighted by atomic mass is 9.63. The molecule has 0 aliphatic heterocycles. The van der Waals surface area contributed by atoms with Crippen molar-refractivity contribution in [1.82, 2.24) is 0 Å². The van der Waals surface area contributed by atoms with Crippen molar-refractivity contribution >= 4 is 0 Å². The molecule has 2 saturated carbocycles. The number of benzene rings is 2. The van der Waals surface area contributed by atoms with Crippen LogP contribution in [0, 0.1) is 36.3 Å². The molecule has 0 N–H and O–H groups in total. The van der Waals surface area contributed by atoms with Crippen molar-refractivity contribution in [2.75, 3.05) is 0 Å². The number of rotatable bonds is 6. The van der Waals surface area contributed by atoms with Gasteiger partial charge >= 0.3 is 0 Å². The number of unbranched alkanes of at least 4 members (excludes halogenated alkanes) is 2. The van der Waals surface area contributed by atoms with Gasteiger partial charge in [0.1, 0.15) is 11.6 Å². The summed E-state index contributed by atoms with van der Waals surface area (Å²) in [7, 11) is 0. The average molecular weight is 411 g/mol. The summed E-state index contributed by atoms with van der Waals surface area (Å²) in [6.45, 7) is 4.26. The Kier molecular flexibility index (Phi) is 6.91. The van der Waals surface area contributed by atoms with Crippen LogP contribution in [0.5, 0.6) is 0 Å². The minimum atomic E-state index is -0.421. The molecule has 2 aliphatic rings. The zero-order valence-electron chi connectivity index (χ0n) is 18.6. The molecule has 2 aliphatic carbocycles. The van der Waals surface area contributed by atoms with Crippen LogP contribution in [0.25, 0.3) is 11.1 Å². The van der Waals surface area contributed by atoms with Crippen molar-refractivity contribution in [3.05, 3.63) is 59.2 Å². The Labute approximate surface area is 181 Å². The zero-order valence-corrected chi connectivity index (χ0v) is 18.6. The van der Waals surface area contributed by atoms with E-state index in [0.29, 0.717) is 11.5 Å². The monoisotopic (exact) mass is 410 g/mol. The first-order valence-corrected chi connectivity index (χ1v) is 12.1. The van der Waals surface area contributed by atoms with Crippen molar-refractivity contribution in [1.29, 1.82) is 0 Å². The highest BCUT2D eigenvalue weighted by molar-refractivity contribution is 5.65. The normalized spacial score (nSPS) is 26.4. The Hall–Kier alpha value is -1.70. The highest BCUT2D eigenvalue weighted by Crippen LogP contribution is 2.48. The maximum atomic E-state index is 14.9. The molecule has 4 unspecified atom stereocenters. The van der Waals surface area contributed by atoms with Gasteiger partial charge in [0.25, 0.3) is 0 Å². The van der Waals surface area contributed by atoms with Crippen molar-refractivity contribution < 1.29 is 8.78 Å². The van der Waals surface area contributed by atoms with Crippen LogP contribution in [-0.4, -0.2) is 0 Å². The van der Waals surface area contributed by atoms with Gasteiger partial charge in [-0.3, -0.25) is 0 Å². The number of fused-ring (bicyclic) bond motifs is 1. The minimum Gasteiger partial charge on any atom is -0.206 e. The van der Waals surface area contributed by atoms with Crippen molar-refractivity contribution in [2.45, 2.75) is 84.0 Å². The van der Waals surface area contributed by atoms with Gasteiger partial charge in [0, 0.05) is 0 Å². The Morgan fingerprint density at radius 1 is 0.833 bits per heavy atom. The van der Waals surface area contributed by atoms with E-state index < -0.39 is 11.6 Å². The third-order valence-electron chi connectivity index (χ3n) is 7.81. The first-order valence-electron chi connectivity index (χ1n) is 12.1. The molecule has 2 heteroatoms. The summed E-state index contributed by atoms with van der Waals surface area (Å²) >= 11 is 0. The molecule has 0 aromatic heterocycles. The molecule has 0 bridgehead atoms.